The van der Waals surface area contributed by atoms with Crippen LogP contribution in [0.25, 0.3) is 0 Å². The molecule has 0 aromatic heterocycles. The number of nitrogens with two attached hydrogens (primary N) is 1. The molecule has 2 rings (SSSR count). The van der Waals surface area contributed by atoms with Gasteiger partial charge in [-0.1, -0.05) is 12.1 Å². The minimum Gasteiger partial charge on any atom is -0.399 e. The van der Waals surface area contributed by atoms with Gasteiger partial charge in [0.2, 0.25) is 5.91 Å². The van der Waals surface area contributed by atoms with Crippen molar-refractivity contribution in [2.45, 2.75) is 12.8 Å². The summed E-state index contributed by atoms with van der Waals surface area (Å²) in [4.78, 5) is 14.2. The van der Waals surface area contributed by atoms with E-state index < -0.39 is 0 Å². The normalized spacial score (nSPS) is 17.3. The fourth-order valence-electron chi connectivity index (χ4n) is 2.51. The minimum atomic E-state index is 0. The number of rotatable bonds is 7. The second-order valence-corrected chi connectivity index (χ2v) is 5.48. The number of nitrogen functional groups attached to an aromatic ring is 1. The standard InChI is InChI=1S/C16H24N2O3.ClH/c1-20-8-9-21-12-14-6-7-18(11-14)16(19)10-13-2-4-15(17)5-3-13;/h2-5,14H,6-12,17H2,1H3;1H. The average molecular weight is 329 g/mol. The fourth-order valence-corrected chi connectivity index (χ4v) is 2.51. The molecule has 1 amide bonds. The highest BCUT2D eigenvalue weighted by molar-refractivity contribution is 5.85. The van der Waals surface area contributed by atoms with E-state index in [-0.39, 0.29) is 18.3 Å². The molecule has 2 N–H and O–H groups in total. The van der Waals surface area contributed by atoms with Crippen molar-refractivity contribution in [1.82, 2.24) is 4.90 Å². The van der Waals surface area contributed by atoms with E-state index >= 15 is 0 Å². The molecule has 1 heterocycles. The first-order valence-corrected chi connectivity index (χ1v) is 7.38. The lowest BCUT2D eigenvalue weighted by atomic mass is 10.1. The number of hydrogen-bond donors (Lipinski definition) is 1. The summed E-state index contributed by atoms with van der Waals surface area (Å²) in [6, 6.07) is 7.49. The highest BCUT2D eigenvalue weighted by Gasteiger charge is 2.26. The van der Waals surface area contributed by atoms with Crippen molar-refractivity contribution in [2.75, 3.05) is 45.8 Å². The monoisotopic (exact) mass is 328 g/mol. The van der Waals surface area contributed by atoms with Crippen LogP contribution in [-0.2, 0) is 20.7 Å². The number of amides is 1. The van der Waals surface area contributed by atoms with Gasteiger partial charge >= 0.3 is 0 Å². The molecule has 1 saturated heterocycles. The van der Waals surface area contributed by atoms with E-state index in [0.717, 1.165) is 30.8 Å². The summed E-state index contributed by atoms with van der Waals surface area (Å²) < 4.78 is 10.5. The van der Waals surface area contributed by atoms with E-state index in [0.29, 0.717) is 32.2 Å². The first-order valence-electron chi connectivity index (χ1n) is 7.38. The maximum atomic E-state index is 12.3. The molecule has 0 bridgehead atoms. The van der Waals surface area contributed by atoms with Gasteiger partial charge in [-0.05, 0) is 24.1 Å². The number of carbonyl (C=O) groups excluding carboxylic acids is 1. The summed E-state index contributed by atoms with van der Waals surface area (Å²) >= 11 is 0. The first-order chi connectivity index (χ1) is 10.2. The molecule has 0 aliphatic carbocycles. The predicted molar refractivity (Wildman–Crippen MR) is 89.2 cm³/mol. The van der Waals surface area contributed by atoms with Crippen LogP contribution in [0.5, 0.6) is 0 Å². The van der Waals surface area contributed by atoms with E-state index in [1.54, 1.807) is 7.11 Å². The molecule has 0 saturated carbocycles. The first kappa shape index (κ1) is 18.7. The third-order valence-corrected chi connectivity index (χ3v) is 3.76. The Hall–Kier alpha value is -1.30. The third-order valence-electron chi connectivity index (χ3n) is 3.76. The van der Waals surface area contributed by atoms with Crippen LogP contribution in [0.1, 0.15) is 12.0 Å². The van der Waals surface area contributed by atoms with Crippen LogP contribution in [0, 0.1) is 5.92 Å². The lowest BCUT2D eigenvalue weighted by Gasteiger charge is -2.17. The van der Waals surface area contributed by atoms with E-state index in [9.17, 15) is 4.79 Å². The number of benzene rings is 1. The molecule has 5 nitrogen and oxygen atoms in total. The summed E-state index contributed by atoms with van der Waals surface area (Å²) in [5.41, 5.74) is 7.38. The summed E-state index contributed by atoms with van der Waals surface area (Å²) in [5.74, 6) is 0.622. The van der Waals surface area contributed by atoms with Gasteiger partial charge in [-0.3, -0.25) is 4.79 Å². The summed E-state index contributed by atoms with van der Waals surface area (Å²) in [6.45, 7) is 3.56. The Bertz CT molecular complexity index is 453. The Kier molecular flexibility index (Phi) is 8.24. The summed E-state index contributed by atoms with van der Waals surface area (Å²) in [5, 5.41) is 0. The maximum Gasteiger partial charge on any atom is 0.227 e. The molecule has 6 heteroatoms. The van der Waals surface area contributed by atoms with E-state index in [1.165, 1.54) is 0 Å². The Labute approximate surface area is 138 Å². The second kappa shape index (κ2) is 9.66. The van der Waals surface area contributed by atoms with Crippen LogP contribution in [0.15, 0.2) is 24.3 Å². The summed E-state index contributed by atoms with van der Waals surface area (Å²) in [7, 11) is 1.66. The molecule has 0 spiro atoms. The van der Waals surface area contributed by atoms with Gasteiger partial charge in [0.15, 0.2) is 0 Å². The Morgan fingerprint density at radius 1 is 1.32 bits per heavy atom. The number of hydrogen-bond acceptors (Lipinski definition) is 4. The topological polar surface area (TPSA) is 64.8 Å². The quantitative estimate of drug-likeness (QED) is 0.611. The van der Waals surface area contributed by atoms with Crippen molar-refractivity contribution in [3.63, 3.8) is 0 Å². The molecular formula is C16H25ClN2O3. The SMILES string of the molecule is COCCOCC1CCN(C(=O)Cc2ccc(N)cc2)C1.Cl. The molecule has 22 heavy (non-hydrogen) atoms. The molecule has 1 fully saturated rings. The number of nitrogens with zero attached hydrogens (tertiary/aromatic N) is 1. The van der Waals surface area contributed by atoms with Gasteiger partial charge in [0.25, 0.3) is 0 Å². The van der Waals surface area contributed by atoms with Crippen LogP contribution in [0.2, 0.25) is 0 Å². The third kappa shape index (κ3) is 5.83. The zero-order valence-electron chi connectivity index (χ0n) is 13.0. The van der Waals surface area contributed by atoms with Crippen LogP contribution in [0.3, 0.4) is 0 Å². The number of ether oxygens (including phenoxy) is 2. The second-order valence-electron chi connectivity index (χ2n) is 5.48. The maximum absolute atomic E-state index is 12.3. The van der Waals surface area contributed by atoms with Gasteiger partial charge in [-0.25, -0.2) is 0 Å². The van der Waals surface area contributed by atoms with Gasteiger partial charge in [0.1, 0.15) is 0 Å². The number of carbonyl (C=O) groups is 1. The molecule has 1 aliphatic heterocycles. The van der Waals surface area contributed by atoms with Crippen molar-refractivity contribution in [3.8, 4) is 0 Å². The number of likely N-dealkylation sites (tertiary alicyclic amines) is 1. The van der Waals surface area contributed by atoms with Crippen molar-refractivity contribution in [3.05, 3.63) is 29.8 Å². The van der Waals surface area contributed by atoms with E-state index in [1.807, 2.05) is 29.2 Å². The Balaban J connectivity index is 0.00000242. The van der Waals surface area contributed by atoms with Crippen molar-refractivity contribution < 1.29 is 14.3 Å². The van der Waals surface area contributed by atoms with E-state index in [4.69, 9.17) is 15.2 Å². The Morgan fingerprint density at radius 2 is 2.05 bits per heavy atom. The molecule has 1 atom stereocenters. The predicted octanol–water partition coefficient (Wildman–Crippen LogP) is 1.74. The van der Waals surface area contributed by atoms with Crippen LogP contribution in [0.4, 0.5) is 5.69 Å². The lowest BCUT2D eigenvalue weighted by molar-refractivity contribution is -0.129. The molecular weight excluding hydrogens is 304 g/mol. The van der Waals surface area contributed by atoms with Gasteiger partial charge in [0, 0.05) is 31.8 Å². The average Bonchev–Trinajstić information content (AvgIpc) is 2.95. The van der Waals surface area contributed by atoms with Gasteiger partial charge < -0.3 is 20.1 Å². The minimum absolute atomic E-state index is 0. The molecule has 0 radical (unpaired) electrons. The van der Waals surface area contributed by atoms with Gasteiger partial charge in [0.05, 0.1) is 26.2 Å². The van der Waals surface area contributed by atoms with E-state index in [2.05, 4.69) is 0 Å². The van der Waals surface area contributed by atoms with Crippen molar-refractivity contribution >= 4 is 24.0 Å². The largest absolute Gasteiger partial charge is 0.399 e. The zero-order valence-corrected chi connectivity index (χ0v) is 13.8. The lowest BCUT2D eigenvalue weighted by Crippen LogP contribution is -2.30. The molecule has 1 unspecified atom stereocenters. The molecule has 124 valence electrons. The Morgan fingerprint density at radius 3 is 2.73 bits per heavy atom. The number of anilines is 1. The molecule has 1 aromatic rings. The molecule has 1 aromatic carbocycles. The highest BCUT2D eigenvalue weighted by Crippen LogP contribution is 2.18. The fraction of sp³-hybridized carbons (Fsp3) is 0.562. The van der Waals surface area contributed by atoms with Crippen molar-refractivity contribution in [1.29, 1.82) is 0 Å². The smallest absolute Gasteiger partial charge is 0.227 e. The zero-order chi connectivity index (χ0) is 15.1. The highest BCUT2D eigenvalue weighted by atomic mass is 35.5. The van der Waals surface area contributed by atoms with Crippen LogP contribution < -0.4 is 5.73 Å². The van der Waals surface area contributed by atoms with Gasteiger partial charge in [-0.15, -0.1) is 12.4 Å². The van der Waals surface area contributed by atoms with Crippen molar-refractivity contribution in [2.24, 2.45) is 5.92 Å². The molecule has 1 aliphatic rings. The number of halogens is 1. The van der Waals surface area contributed by atoms with Crippen LogP contribution in [-0.4, -0.2) is 50.8 Å². The summed E-state index contributed by atoms with van der Waals surface area (Å²) in [6.07, 6.45) is 1.46. The number of methoxy groups -OCH3 is 1. The van der Waals surface area contributed by atoms with Gasteiger partial charge in [-0.2, -0.15) is 0 Å². The van der Waals surface area contributed by atoms with Crippen LogP contribution >= 0.6 is 12.4 Å².